The van der Waals surface area contributed by atoms with E-state index in [4.69, 9.17) is 23.2 Å². The third-order valence-electron chi connectivity index (χ3n) is 7.80. The number of hydrogen-bond acceptors (Lipinski definition) is 4. The molecule has 0 radical (unpaired) electrons. The SMILES string of the molecule is C=Cc1cnc2cc(-c3cccc(-c4cccc5c4CCC5Cc4nc(C)c(C=O)cc4Cl)c3Cl)ccn2c1=O. The molecule has 0 amide bonds. The van der Waals surface area contributed by atoms with Crippen molar-refractivity contribution in [3.05, 3.63) is 128 Å². The zero-order valence-corrected chi connectivity index (χ0v) is 23.3. The van der Waals surface area contributed by atoms with Gasteiger partial charge in [0.1, 0.15) is 5.65 Å². The number of pyridine rings is 2. The fraction of sp³-hybridized carbons (Fsp3) is 0.152. The molecule has 1 aliphatic carbocycles. The summed E-state index contributed by atoms with van der Waals surface area (Å²) in [6.45, 7) is 5.52. The maximum absolute atomic E-state index is 12.6. The number of halogens is 2. The lowest BCUT2D eigenvalue weighted by atomic mass is 9.91. The zero-order chi connectivity index (χ0) is 28.0. The number of aldehydes is 1. The van der Waals surface area contributed by atoms with E-state index in [1.165, 1.54) is 27.8 Å². The van der Waals surface area contributed by atoms with Gasteiger partial charge in [-0.3, -0.25) is 19.0 Å². The number of carbonyl (C=O) groups is 1. The number of hydrogen-bond donors (Lipinski definition) is 0. The Morgan fingerprint density at radius 2 is 1.82 bits per heavy atom. The van der Waals surface area contributed by atoms with Gasteiger partial charge in [-0.25, -0.2) is 4.98 Å². The summed E-state index contributed by atoms with van der Waals surface area (Å²) in [5, 5.41) is 1.18. The minimum absolute atomic E-state index is 0.160. The van der Waals surface area contributed by atoms with Crippen molar-refractivity contribution in [2.75, 3.05) is 0 Å². The third-order valence-corrected chi connectivity index (χ3v) is 8.53. The summed E-state index contributed by atoms with van der Waals surface area (Å²) in [6.07, 6.45) is 8.18. The van der Waals surface area contributed by atoms with Crippen LogP contribution >= 0.6 is 23.2 Å². The summed E-state index contributed by atoms with van der Waals surface area (Å²) in [4.78, 5) is 33.0. The lowest BCUT2D eigenvalue weighted by Crippen LogP contribution is -2.16. The normalized spacial score (nSPS) is 14.3. The molecule has 0 aliphatic heterocycles. The average Bonchev–Trinajstić information content (AvgIpc) is 3.38. The Bertz CT molecular complexity index is 1890. The largest absolute Gasteiger partial charge is 0.298 e. The number of rotatable bonds is 6. The van der Waals surface area contributed by atoms with Gasteiger partial charge in [0.2, 0.25) is 0 Å². The van der Waals surface area contributed by atoms with Gasteiger partial charge in [0.15, 0.2) is 6.29 Å². The highest BCUT2D eigenvalue weighted by molar-refractivity contribution is 6.36. The first-order valence-electron chi connectivity index (χ1n) is 13.1. The van der Waals surface area contributed by atoms with E-state index in [0.717, 1.165) is 47.1 Å². The van der Waals surface area contributed by atoms with Crippen molar-refractivity contribution in [3.8, 4) is 22.3 Å². The summed E-state index contributed by atoms with van der Waals surface area (Å²) in [5.41, 5.74) is 9.26. The van der Waals surface area contributed by atoms with Gasteiger partial charge in [0.25, 0.3) is 5.56 Å². The summed E-state index contributed by atoms with van der Waals surface area (Å²) in [5.74, 6) is 0.272. The van der Waals surface area contributed by atoms with Crippen molar-refractivity contribution in [2.24, 2.45) is 0 Å². The minimum Gasteiger partial charge on any atom is -0.298 e. The Balaban J connectivity index is 1.37. The van der Waals surface area contributed by atoms with Crippen molar-refractivity contribution in [1.29, 1.82) is 0 Å². The summed E-state index contributed by atoms with van der Waals surface area (Å²) in [6, 6.07) is 17.9. The first-order chi connectivity index (χ1) is 19.4. The van der Waals surface area contributed by atoms with E-state index in [1.807, 2.05) is 31.2 Å². The monoisotopic (exact) mass is 565 g/mol. The minimum atomic E-state index is -0.160. The first-order valence-corrected chi connectivity index (χ1v) is 13.8. The van der Waals surface area contributed by atoms with Gasteiger partial charge in [0, 0.05) is 34.8 Å². The highest BCUT2D eigenvalue weighted by Crippen LogP contribution is 2.44. The molecule has 2 aromatic carbocycles. The lowest BCUT2D eigenvalue weighted by molar-refractivity contribution is 0.112. The molecule has 0 saturated heterocycles. The maximum Gasteiger partial charge on any atom is 0.265 e. The molecular formula is C33H25Cl2N3O2. The van der Waals surface area contributed by atoms with Gasteiger partial charge in [-0.2, -0.15) is 0 Å². The van der Waals surface area contributed by atoms with Crippen LogP contribution < -0.4 is 5.56 Å². The molecule has 198 valence electrons. The van der Waals surface area contributed by atoms with E-state index in [-0.39, 0.29) is 11.5 Å². The van der Waals surface area contributed by atoms with E-state index in [0.29, 0.717) is 38.9 Å². The summed E-state index contributed by atoms with van der Waals surface area (Å²) < 4.78 is 1.51. The van der Waals surface area contributed by atoms with Gasteiger partial charge in [-0.05, 0) is 72.6 Å². The molecule has 5 aromatic rings. The second-order valence-electron chi connectivity index (χ2n) is 10.1. The molecule has 0 spiro atoms. The molecule has 40 heavy (non-hydrogen) atoms. The van der Waals surface area contributed by atoms with Crippen molar-refractivity contribution in [1.82, 2.24) is 14.4 Å². The van der Waals surface area contributed by atoms with Crippen LogP contribution in [0.3, 0.4) is 0 Å². The van der Waals surface area contributed by atoms with Crippen LogP contribution in [0.5, 0.6) is 0 Å². The number of nitrogens with zero attached hydrogens (tertiary/aromatic N) is 3. The van der Waals surface area contributed by atoms with Crippen LogP contribution in [-0.2, 0) is 12.8 Å². The number of benzene rings is 2. The molecule has 3 aromatic heterocycles. The van der Waals surface area contributed by atoms with Crippen LogP contribution in [0, 0.1) is 6.92 Å². The molecule has 1 aliphatic rings. The van der Waals surface area contributed by atoms with E-state index < -0.39 is 0 Å². The molecule has 0 fully saturated rings. The van der Waals surface area contributed by atoms with Crippen LogP contribution in [-0.4, -0.2) is 20.7 Å². The predicted octanol–water partition coefficient (Wildman–Crippen LogP) is 7.77. The van der Waals surface area contributed by atoms with Crippen LogP contribution in [0.1, 0.15) is 50.8 Å². The van der Waals surface area contributed by atoms with Crippen molar-refractivity contribution in [3.63, 3.8) is 0 Å². The van der Waals surface area contributed by atoms with Gasteiger partial charge in [0.05, 0.1) is 21.3 Å². The quantitative estimate of drug-likeness (QED) is 0.197. The van der Waals surface area contributed by atoms with E-state index in [1.54, 1.807) is 12.3 Å². The summed E-state index contributed by atoms with van der Waals surface area (Å²) in [7, 11) is 0. The van der Waals surface area contributed by atoms with Crippen LogP contribution in [0.25, 0.3) is 34.0 Å². The Kier molecular flexibility index (Phi) is 6.87. The highest BCUT2D eigenvalue weighted by Gasteiger charge is 2.27. The molecule has 1 unspecified atom stereocenters. The van der Waals surface area contributed by atoms with Crippen molar-refractivity contribution < 1.29 is 4.79 Å². The smallest absolute Gasteiger partial charge is 0.265 e. The van der Waals surface area contributed by atoms with E-state index >= 15 is 0 Å². The summed E-state index contributed by atoms with van der Waals surface area (Å²) >= 11 is 13.6. The number of aryl methyl sites for hydroxylation is 1. The zero-order valence-electron chi connectivity index (χ0n) is 21.8. The van der Waals surface area contributed by atoms with Gasteiger partial charge < -0.3 is 0 Å². The second-order valence-corrected chi connectivity index (χ2v) is 10.8. The number of fused-ring (bicyclic) bond motifs is 2. The molecule has 0 bridgehead atoms. The first kappa shape index (κ1) is 26.2. The molecule has 3 heterocycles. The van der Waals surface area contributed by atoms with E-state index in [9.17, 15) is 9.59 Å². The van der Waals surface area contributed by atoms with E-state index in [2.05, 4.69) is 40.8 Å². The standard InChI is InChI=1S/C33H25Cl2N3O2/c1-3-20-17-36-31-16-22(12-13-38(31)33(20)40)25-7-5-9-28(32(25)35)26-8-4-6-24-21(10-11-27(24)26)15-30-29(34)14-23(18-39)19(2)37-30/h3-9,12-14,16-18,21H,1,10-11,15H2,2H3. The average molecular weight is 566 g/mol. The fourth-order valence-electron chi connectivity index (χ4n) is 5.70. The van der Waals surface area contributed by atoms with Crippen molar-refractivity contribution in [2.45, 2.75) is 32.1 Å². The molecule has 5 nitrogen and oxygen atoms in total. The molecule has 0 N–H and O–H groups in total. The lowest BCUT2D eigenvalue weighted by Gasteiger charge is -2.16. The second kappa shape index (κ2) is 10.5. The fourth-order valence-corrected chi connectivity index (χ4v) is 6.28. The molecule has 0 saturated carbocycles. The highest BCUT2D eigenvalue weighted by atomic mass is 35.5. The van der Waals surface area contributed by atoms with Crippen molar-refractivity contribution >= 4 is 41.2 Å². The molecular weight excluding hydrogens is 541 g/mol. The van der Waals surface area contributed by atoms with Gasteiger partial charge in [-0.1, -0.05) is 72.3 Å². The Morgan fingerprint density at radius 3 is 2.62 bits per heavy atom. The Morgan fingerprint density at radius 1 is 1.05 bits per heavy atom. The van der Waals surface area contributed by atoms with Gasteiger partial charge >= 0.3 is 0 Å². The van der Waals surface area contributed by atoms with Crippen LogP contribution in [0.15, 0.2) is 78.4 Å². The Hall–Kier alpha value is -4.06. The van der Waals surface area contributed by atoms with Gasteiger partial charge in [-0.15, -0.1) is 0 Å². The predicted molar refractivity (Wildman–Crippen MR) is 162 cm³/mol. The molecule has 1 atom stereocenters. The molecule has 6 rings (SSSR count). The third kappa shape index (κ3) is 4.45. The van der Waals surface area contributed by atoms with Crippen LogP contribution in [0.2, 0.25) is 10.0 Å². The molecule has 7 heteroatoms. The maximum atomic E-state index is 12.6. The van der Waals surface area contributed by atoms with Crippen LogP contribution in [0.4, 0.5) is 0 Å². The number of aromatic nitrogens is 3. The Labute approximate surface area is 241 Å². The number of carbonyl (C=O) groups excluding carboxylic acids is 1. The topological polar surface area (TPSA) is 64.3 Å².